The molecule has 2 aliphatic heterocycles. The minimum atomic E-state index is -0.886. The molecule has 10 rings (SSSR count). The number of piperidine rings is 2. The molecule has 4 heterocycles. The Bertz CT molecular complexity index is 3490. The van der Waals surface area contributed by atoms with Crippen molar-refractivity contribution in [2.45, 2.75) is 103 Å². The molecule has 0 bridgehead atoms. The molecule has 2 aromatic heterocycles. The Morgan fingerprint density at radius 1 is 0.541 bits per heavy atom. The SMILES string of the molecule is CC(C)(C)OC(=O)N1CCC(c2cccc(-c3ccccc3)c2)[C@@H](C(=O)O)C1.COCCCn1ccc2ccc(N)cc21.COCCCn1ccc2ccc(NC(=O)[C@H]3CN(C(=O)OC(C)(C)C)CCC3c3cccc(-c4ccccc4)c3)cc21. The first-order chi connectivity index (χ1) is 40.8. The monoisotopic (exact) mass is 1150 g/mol. The Hall–Kier alpha value is -8.40. The van der Waals surface area contributed by atoms with Gasteiger partial charge in [-0.2, -0.15) is 0 Å². The summed E-state index contributed by atoms with van der Waals surface area (Å²) < 4.78 is 25.8. The smallest absolute Gasteiger partial charge is 0.410 e. The third-order valence-corrected chi connectivity index (χ3v) is 15.4. The molecule has 15 nitrogen and oxygen atoms in total. The molecule has 4 N–H and O–H groups in total. The van der Waals surface area contributed by atoms with Gasteiger partial charge in [-0.3, -0.25) is 9.59 Å². The summed E-state index contributed by atoms with van der Waals surface area (Å²) in [4.78, 5) is 54.6. The summed E-state index contributed by atoms with van der Waals surface area (Å²) in [6.45, 7) is 15.8. The largest absolute Gasteiger partial charge is 0.481 e. The van der Waals surface area contributed by atoms with Crippen molar-refractivity contribution in [3.05, 3.63) is 181 Å². The summed E-state index contributed by atoms with van der Waals surface area (Å²) in [5.41, 5.74) is 14.9. The minimum absolute atomic E-state index is 0.0472. The van der Waals surface area contributed by atoms with E-state index in [-0.39, 0.29) is 36.9 Å². The maximum atomic E-state index is 14.0. The maximum Gasteiger partial charge on any atom is 0.410 e. The van der Waals surface area contributed by atoms with Gasteiger partial charge in [0, 0.05) is 96.4 Å². The van der Waals surface area contributed by atoms with E-state index in [9.17, 15) is 24.3 Å². The summed E-state index contributed by atoms with van der Waals surface area (Å²) >= 11 is 0. The summed E-state index contributed by atoms with van der Waals surface area (Å²) in [5.74, 6) is -2.28. The zero-order valence-corrected chi connectivity index (χ0v) is 50.5. The van der Waals surface area contributed by atoms with Gasteiger partial charge < -0.3 is 54.0 Å². The Morgan fingerprint density at radius 3 is 1.46 bits per heavy atom. The summed E-state index contributed by atoms with van der Waals surface area (Å²) in [6.07, 6.45) is 6.52. The molecule has 2 saturated heterocycles. The Morgan fingerprint density at radius 2 is 0.988 bits per heavy atom. The van der Waals surface area contributed by atoms with E-state index in [2.05, 4.69) is 87.5 Å². The van der Waals surface area contributed by atoms with Crippen LogP contribution in [0.15, 0.2) is 170 Å². The van der Waals surface area contributed by atoms with E-state index in [1.165, 1.54) is 15.8 Å². The first-order valence-corrected chi connectivity index (χ1v) is 29.5. The van der Waals surface area contributed by atoms with Gasteiger partial charge in [-0.25, -0.2) is 9.59 Å². The number of carboxylic acid groups (broad SMARTS) is 1. The number of nitrogen functional groups attached to an aromatic ring is 1. The number of methoxy groups -OCH3 is 2. The lowest BCUT2D eigenvalue weighted by atomic mass is 9.79. The van der Waals surface area contributed by atoms with Crippen LogP contribution in [0.4, 0.5) is 21.0 Å². The Labute approximate surface area is 500 Å². The number of amides is 3. The molecule has 6 aromatic carbocycles. The molecule has 2 unspecified atom stereocenters. The van der Waals surface area contributed by atoms with Gasteiger partial charge >= 0.3 is 18.2 Å². The van der Waals surface area contributed by atoms with Crippen LogP contribution in [-0.4, -0.2) is 113 Å². The third kappa shape index (κ3) is 17.4. The van der Waals surface area contributed by atoms with Gasteiger partial charge in [0.15, 0.2) is 0 Å². The lowest BCUT2D eigenvalue weighted by Gasteiger charge is -2.38. The second-order valence-corrected chi connectivity index (χ2v) is 24.0. The predicted octanol–water partition coefficient (Wildman–Crippen LogP) is 14.4. The van der Waals surface area contributed by atoms with Gasteiger partial charge in [0.05, 0.1) is 22.9 Å². The molecule has 2 fully saturated rings. The number of carbonyl (C=O) groups excluding carboxylic acids is 3. The number of ether oxygens (including phenoxy) is 4. The van der Waals surface area contributed by atoms with Crippen molar-refractivity contribution in [2.75, 3.05) is 64.7 Å². The number of nitrogens with one attached hydrogen (secondary N) is 1. The highest BCUT2D eigenvalue weighted by Crippen LogP contribution is 2.38. The molecule has 448 valence electrons. The molecular weight excluding hydrogens is 1070 g/mol. The van der Waals surface area contributed by atoms with Gasteiger partial charge in [-0.15, -0.1) is 0 Å². The quantitative estimate of drug-likeness (QED) is 0.0660. The van der Waals surface area contributed by atoms with Crippen molar-refractivity contribution in [3.63, 3.8) is 0 Å². The minimum Gasteiger partial charge on any atom is -0.481 e. The number of hydrogen-bond acceptors (Lipinski definition) is 9. The number of aryl methyl sites for hydroxylation is 2. The molecule has 3 amide bonds. The number of carboxylic acids is 1. The average molecular weight is 1150 g/mol. The molecule has 0 saturated carbocycles. The molecule has 85 heavy (non-hydrogen) atoms. The molecule has 0 spiro atoms. The van der Waals surface area contributed by atoms with Crippen LogP contribution in [0.2, 0.25) is 0 Å². The third-order valence-electron chi connectivity index (χ3n) is 15.4. The van der Waals surface area contributed by atoms with E-state index >= 15 is 0 Å². The lowest BCUT2D eigenvalue weighted by molar-refractivity contribution is -0.144. The van der Waals surface area contributed by atoms with Crippen molar-refractivity contribution in [3.8, 4) is 22.3 Å². The molecule has 2 aliphatic rings. The number of hydrogen-bond donors (Lipinski definition) is 3. The molecule has 0 radical (unpaired) electrons. The lowest BCUT2D eigenvalue weighted by Crippen LogP contribution is -2.48. The van der Waals surface area contributed by atoms with Crippen molar-refractivity contribution < 1.29 is 43.2 Å². The van der Waals surface area contributed by atoms with Crippen LogP contribution in [0, 0.1) is 11.8 Å². The zero-order chi connectivity index (χ0) is 60.7. The number of anilines is 2. The first kappa shape index (κ1) is 62.6. The average Bonchev–Trinajstić information content (AvgIpc) is 2.99. The Kier molecular flexibility index (Phi) is 21.3. The number of nitrogens with two attached hydrogens (primary N) is 1. The second kappa shape index (κ2) is 28.9. The van der Waals surface area contributed by atoms with Gasteiger partial charge in [-0.1, -0.05) is 121 Å². The molecular formula is C70H84N6O9. The standard InChI is InChI=1S/C35H41N3O4.C23H27NO4.C12H16N2O/c1-35(2,3)42-34(40)38-20-17-30(28-13-8-12-27(22-28)25-10-6-5-7-11-25)31(24-38)33(39)36-29-15-14-26-16-19-37(32(26)23-29)18-9-21-41-4;1-23(2,3)28-22(27)24-13-12-19(20(15-24)21(25)26)18-11-7-10-17(14-18)16-8-5-4-6-9-16;1-15-8-2-6-14-7-5-10-3-4-11(13)9-12(10)14/h5-8,10-16,19,22-23,30-31H,9,17-18,20-21,24H2,1-4H3,(H,36,39);4-11,14,19-20H,12-13,15H2,1-3H3,(H,25,26);3-5,7,9H,2,6,8,13H2,1H3/t30?,31-;19?,20-;/m00./s1. The van der Waals surface area contributed by atoms with E-state index in [4.69, 9.17) is 24.7 Å². The highest BCUT2D eigenvalue weighted by Gasteiger charge is 2.40. The van der Waals surface area contributed by atoms with Crippen LogP contribution in [0.25, 0.3) is 44.1 Å². The molecule has 8 aromatic rings. The van der Waals surface area contributed by atoms with Crippen molar-refractivity contribution in [1.29, 1.82) is 0 Å². The predicted molar refractivity (Wildman–Crippen MR) is 339 cm³/mol. The van der Waals surface area contributed by atoms with E-state index in [1.54, 1.807) is 39.9 Å². The van der Waals surface area contributed by atoms with E-state index in [0.717, 1.165) is 88.2 Å². The summed E-state index contributed by atoms with van der Waals surface area (Å²) in [7, 11) is 3.44. The van der Waals surface area contributed by atoms with E-state index < -0.39 is 35.1 Å². The van der Waals surface area contributed by atoms with Crippen LogP contribution < -0.4 is 11.1 Å². The fourth-order valence-corrected chi connectivity index (χ4v) is 11.2. The van der Waals surface area contributed by atoms with E-state index in [1.807, 2.05) is 118 Å². The number of carbonyl (C=O) groups is 4. The number of likely N-dealkylation sites (tertiary alicyclic amines) is 2. The first-order valence-electron chi connectivity index (χ1n) is 29.5. The van der Waals surface area contributed by atoms with Crippen LogP contribution in [-0.2, 0) is 41.6 Å². The molecule has 0 aliphatic carbocycles. The van der Waals surface area contributed by atoms with Crippen molar-refractivity contribution in [1.82, 2.24) is 18.9 Å². The number of fused-ring (bicyclic) bond motifs is 2. The van der Waals surface area contributed by atoms with Gasteiger partial charge in [0.1, 0.15) is 11.2 Å². The molecule has 4 atom stereocenters. The second-order valence-electron chi connectivity index (χ2n) is 24.0. The summed E-state index contributed by atoms with van der Waals surface area (Å²) in [5, 5.41) is 15.4. The van der Waals surface area contributed by atoms with Crippen LogP contribution in [0.3, 0.4) is 0 Å². The maximum absolute atomic E-state index is 14.0. The van der Waals surface area contributed by atoms with Crippen LogP contribution in [0.1, 0.15) is 90.2 Å². The van der Waals surface area contributed by atoms with Crippen LogP contribution in [0.5, 0.6) is 0 Å². The number of aliphatic carboxylic acids is 1. The highest BCUT2D eigenvalue weighted by molar-refractivity contribution is 5.96. The van der Waals surface area contributed by atoms with Crippen molar-refractivity contribution >= 4 is 57.2 Å². The molecule has 15 heteroatoms. The Balaban J connectivity index is 0.000000187. The normalized spacial score (nSPS) is 17.0. The van der Waals surface area contributed by atoms with Gasteiger partial charge in [-0.05, 0) is 154 Å². The fraction of sp³-hybridized carbons (Fsp3) is 0.371. The number of benzene rings is 6. The van der Waals surface area contributed by atoms with Gasteiger partial charge in [0.25, 0.3) is 0 Å². The zero-order valence-electron chi connectivity index (χ0n) is 50.5. The summed E-state index contributed by atoms with van der Waals surface area (Å²) in [6, 6.07) is 53.0. The van der Waals surface area contributed by atoms with Crippen molar-refractivity contribution in [2.24, 2.45) is 11.8 Å². The fourth-order valence-electron chi connectivity index (χ4n) is 11.2. The number of aromatic nitrogens is 2. The topological polar surface area (TPSA) is 180 Å². The number of nitrogens with zero attached hydrogens (tertiary/aromatic N) is 4. The van der Waals surface area contributed by atoms with Gasteiger partial charge in [0.2, 0.25) is 5.91 Å². The highest BCUT2D eigenvalue weighted by atomic mass is 16.6. The van der Waals surface area contributed by atoms with E-state index in [0.29, 0.717) is 32.5 Å². The number of rotatable bonds is 15. The van der Waals surface area contributed by atoms with Crippen LogP contribution >= 0.6 is 0 Å².